The zero-order chi connectivity index (χ0) is 13.1. The Kier molecular flexibility index (Phi) is 3.20. The normalized spacial score (nSPS) is 22.0. The first-order chi connectivity index (χ1) is 9.36. The molecule has 2 atom stereocenters. The molecule has 1 aliphatic carbocycles. The van der Waals surface area contributed by atoms with E-state index < -0.39 is 0 Å². The van der Waals surface area contributed by atoms with Crippen LogP contribution in [0.4, 0.5) is 0 Å². The van der Waals surface area contributed by atoms with Crippen LogP contribution in [0, 0.1) is 0 Å². The van der Waals surface area contributed by atoms with Crippen molar-refractivity contribution in [1.29, 1.82) is 0 Å². The summed E-state index contributed by atoms with van der Waals surface area (Å²) in [5.41, 5.74) is 2.38. The van der Waals surface area contributed by atoms with Crippen molar-refractivity contribution in [3.63, 3.8) is 0 Å². The third-order valence-corrected chi connectivity index (χ3v) is 3.61. The van der Waals surface area contributed by atoms with Gasteiger partial charge < -0.3 is 5.11 Å². The number of rotatable bonds is 2. The van der Waals surface area contributed by atoms with Gasteiger partial charge in [0.05, 0.1) is 5.92 Å². The summed E-state index contributed by atoms with van der Waals surface area (Å²) >= 11 is 0. The van der Waals surface area contributed by atoms with E-state index in [1.54, 1.807) is 6.08 Å². The lowest BCUT2D eigenvalue weighted by atomic mass is 9.78. The van der Waals surface area contributed by atoms with Crippen LogP contribution < -0.4 is 0 Å². The number of aliphatic hydroxyl groups excluding tert-OH is 1. The molecule has 2 aromatic carbocycles. The minimum absolute atomic E-state index is 0.00796. The van der Waals surface area contributed by atoms with E-state index >= 15 is 0 Å². The predicted molar refractivity (Wildman–Crippen MR) is 78.2 cm³/mol. The molecule has 1 heteroatoms. The summed E-state index contributed by atoms with van der Waals surface area (Å²) in [5.74, 6) is 0.629. The van der Waals surface area contributed by atoms with E-state index in [9.17, 15) is 5.11 Å². The van der Waals surface area contributed by atoms with Crippen molar-refractivity contribution in [3.05, 3.63) is 95.8 Å². The topological polar surface area (TPSA) is 20.2 Å². The van der Waals surface area contributed by atoms with Crippen LogP contribution in [0.25, 0.3) is 0 Å². The molecule has 3 rings (SSSR count). The quantitative estimate of drug-likeness (QED) is 0.825. The van der Waals surface area contributed by atoms with Gasteiger partial charge in [-0.2, -0.15) is 0 Å². The minimum Gasteiger partial charge on any atom is -0.512 e. The van der Waals surface area contributed by atoms with Gasteiger partial charge in [0.1, 0.15) is 5.76 Å². The fraction of sp³-hybridized carbons (Fsp3) is 0.111. The van der Waals surface area contributed by atoms with E-state index in [2.05, 4.69) is 30.3 Å². The van der Waals surface area contributed by atoms with Crippen molar-refractivity contribution in [3.8, 4) is 0 Å². The van der Waals surface area contributed by atoms with Crippen LogP contribution in [0.15, 0.2) is 84.7 Å². The molecule has 0 saturated carbocycles. The molecule has 19 heavy (non-hydrogen) atoms. The van der Waals surface area contributed by atoms with Crippen LogP contribution in [-0.2, 0) is 0 Å². The van der Waals surface area contributed by atoms with Crippen molar-refractivity contribution in [1.82, 2.24) is 0 Å². The van der Waals surface area contributed by atoms with Gasteiger partial charge in [-0.3, -0.25) is 0 Å². The molecule has 0 heterocycles. The SMILES string of the molecule is OC1=CC=CC(c2ccccc2)C1c1ccccc1. The maximum Gasteiger partial charge on any atom is 0.101 e. The Bertz CT molecular complexity index is 596. The van der Waals surface area contributed by atoms with E-state index in [0.29, 0.717) is 5.76 Å². The molecule has 0 aliphatic heterocycles. The molecule has 1 nitrogen and oxygen atoms in total. The fourth-order valence-electron chi connectivity index (χ4n) is 2.69. The molecule has 0 aromatic heterocycles. The fourth-order valence-corrected chi connectivity index (χ4v) is 2.69. The third kappa shape index (κ3) is 2.32. The minimum atomic E-state index is 0.00796. The summed E-state index contributed by atoms with van der Waals surface area (Å²) in [6, 6.07) is 20.5. The Morgan fingerprint density at radius 3 is 1.95 bits per heavy atom. The number of aliphatic hydroxyl groups is 1. The van der Waals surface area contributed by atoms with Gasteiger partial charge in [0, 0.05) is 5.92 Å². The van der Waals surface area contributed by atoms with Crippen LogP contribution in [-0.4, -0.2) is 5.11 Å². The second kappa shape index (κ2) is 5.15. The molecular formula is C18H16O. The lowest BCUT2D eigenvalue weighted by molar-refractivity contribution is 0.354. The van der Waals surface area contributed by atoms with Gasteiger partial charge >= 0.3 is 0 Å². The summed E-state index contributed by atoms with van der Waals surface area (Å²) in [7, 11) is 0. The number of hydrogen-bond donors (Lipinski definition) is 1. The molecular weight excluding hydrogens is 232 g/mol. The summed E-state index contributed by atoms with van der Waals surface area (Å²) in [6.07, 6.45) is 5.89. The molecule has 2 aromatic rings. The van der Waals surface area contributed by atoms with Gasteiger partial charge in [0.25, 0.3) is 0 Å². The Balaban J connectivity index is 2.04. The monoisotopic (exact) mass is 248 g/mol. The van der Waals surface area contributed by atoms with Crippen molar-refractivity contribution in [2.75, 3.05) is 0 Å². The Labute approximate surface area is 113 Å². The highest BCUT2D eigenvalue weighted by molar-refractivity contribution is 5.40. The molecule has 2 unspecified atom stereocenters. The van der Waals surface area contributed by atoms with Crippen LogP contribution >= 0.6 is 0 Å². The summed E-state index contributed by atoms with van der Waals surface area (Å²) in [6.45, 7) is 0. The zero-order valence-corrected chi connectivity index (χ0v) is 10.6. The molecule has 1 N–H and O–H groups in total. The van der Waals surface area contributed by atoms with Gasteiger partial charge in [-0.05, 0) is 17.2 Å². The predicted octanol–water partition coefficient (Wildman–Crippen LogP) is 4.57. The summed E-state index contributed by atoms with van der Waals surface area (Å²) in [5, 5.41) is 10.3. The van der Waals surface area contributed by atoms with Crippen LogP contribution in [0.1, 0.15) is 23.0 Å². The largest absolute Gasteiger partial charge is 0.512 e. The van der Waals surface area contributed by atoms with Gasteiger partial charge in [-0.1, -0.05) is 72.8 Å². The Morgan fingerprint density at radius 2 is 1.32 bits per heavy atom. The van der Waals surface area contributed by atoms with E-state index in [-0.39, 0.29) is 11.8 Å². The van der Waals surface area contributed by atoms with Crippen molar-refractivity contribution in [2.45, 2.75) is 11.8 Å². The highest BCUT2D eigenvalue weighted by Crippen LogP contribution is 2.40. The van der Waals surface area contributed by atoms with E-state index in [4.69, 9.17) is 0 Å². The molecule has 94 valence electrons. The Hall–Kier alpha value is -2.28. The van der Waals surface area contributed by atoms with Gasteiger partial charge in [-0.25, -0.2) is 0 Å². The Morgan fingerprint density at radius 1 is 0.737 bits per heavy atom. The van der Waals surface area contributed by atoms with Crippen LogP contribution in [0.2, 0.25) is 0 Å². The standard InChI is InChI=1S/C18H16O/c19-17-13-7-12-16(14-8-3-1-4-9-14)18(17)15-10-5-2-6-11-15/h1-13,16,18-19H. The second-order valence-electron chi connectivity index (χ2n) is 4.80. The second-order valence-corrected chi connectivity index (χ2v) is 4.80. The van der Waals surface area contributed by atoms with Crippen molar-refractivity contribution >= 4 is 0 Å². The first kappa shape index (κ1) is 11.8. The zero-order valence-electron chi connectivity index (χ0n) is 10.6. The first-order valence-electron chi connectivity index (χ1n) is 6.53. The first-order valence-corrected chi connectivity index (χ1v) is 6.53. The highest BCUT2D eigenvalue weighted by Gasteiger charge is 2.27. The maximum atomic E-state index is 10.3. The van der Waals surface area contributed by atoms with Crippen LogP contribution in [0.5, 0.6) is 0 Å². The lowest BCUT2D eigenvalue weighted by Gasteiger charge is -2.27. The molecule has 0 spiro atoms. The maximum absolute atomic E-state index is 10.3. The average molecular weight is 248 g/mol. The van der Waals surface area contributed by atoms with Crippen molar-refractivity contribution < 1.29 is 5.11 Å². The van der Waals surface area contributed by atoms with Crippen molar-refractivity contribution in [2.24, 2.45) is 0 Å². The number of allylic oxidation sites excluding steroid dienone is 4. The summed E-state index contributed by atoms with van der Waals surface area (Å²) < 4.78 is 0. The number of benzene rings is 2. The van der Waals surface area contributed by atoms with E-state index in [0.717, 1.165) is 5.56 Å². The van der Waals surface area contributed by atoms with Gasteiger partial charge in [0.15, 0.2) is 0 Å². The van der Waals surface area contributed by atoms with Crippen LogP contribution in [0.3, 0.4) is 0 Å². The molecule has 0 fully saturated rings. The molecule has 0 bridgehead atoms. The average Bonchev–Trinajstić information content (AvgIpc) is 2.49. The third-order valence-electron chi connectivity index (χ3n) is 3.61. The highest BCUT2D eigenvalue weighted by atomic mass is 16.3. The van der Waals surface area contributed by atoms with Gasteiger partial charge in [0.2, 0.25) is 0 Å². The smallest absolute Gasteiger partial charge is 0.101 e. The van der Waals surface area contributed by atoms with E-state index in [1.807, 2.05) is 42.5 Å². The van der Waals surface area contributed by atoms with Gasteiger partial charge in [-0.15, -0.1) is 0 Å². The molecule has 0 radical (unpaired) electrons. The molecule has 0 saturated heterocycles. The van der Waals surface area contributed by atoms with E-state index in [1.165, 1.54) is 5.56 Å². The lowest BCUT2D eigenvalue weighted by Crippen LogP contribution is -2.14. The molecule has 1 aliphatic rings. The number of hydrogen-bond acceptors (Lipinski definition) is 1. The molecule has 0 amide bonds. The summed E-state index contributed by atoms with van der Waals surface area (Å²) in [4.78, 5) is 0.